The van der Waals surface area contributed by atoms with Gasteiger partial charge in [-0.1, -0.05) is 29.8 Å². The van der Waals surface area contributed by atoms with Crippen molar-refractivity contribution in [2.75, 3.05) is 19.0 Å². The first-order valence-corrected chi connectivity index (χ1v) is 10.7. The molecule has 3 rings (SSSR count). The van der Waals surface area contributed by atoms with Crippen LogP contribution in [0.2, 0.25) is 0 Å². The quantitative estimate of drug-likeness (QED) is 0.382. The van der Waals surface area contributed by atoms with Crippen LogP contribution in [-0.4, -0.2) is 19.6 Å². The van der Waals surface area contributed by atoms with Gasteiger partial charge in [0, 0.05) is 11.3 Å². The lowest BCUT2D eigenvalue weighted by Crippen LogP contribution is -2.13. The van der Waals surface area contributed by atoms with E-state index in [1.807, 2.05) is 19.1 Å². The average Bonchev–Trinajstić information content (AvgIpc) is 2.75. The summed E-state index contributed by atoms with van der Waals surface area (Å²) < 4.78 is 17.8. The van der Waals surface area contributed by atoms with Crippen LogP contribution in [0, 0.1) is 10.5 Å². The Hall–Kier alpha value is -2.74. The zero-order valence-electron chi connectivity index (χ0n) is 17.2. The number of hydrogen-bond acceptors (Lipinski definition) is 4. The van der Waals surface area contributed by atoms with Crippen molar-refractivity contribution in [2.45, 2.75) is 20.5 Å². The molecule has 0 bridgehead atoms. The zero-order valence-corrected chi connectivity index (χ0v) is 19.4. The first-order valence-electron chi connectivity index (χ1n) is 9.60. The van der Waals surface area contributed by atoms with Crippen molar-refractivity contribution in [3.8, 4) is 17.2 Å². The van der Waals surface area contributed by atoms with Gasteiger partial charge in [-0.15, -0.1) is 0 Å². The molecule has 1 N–H and O–H groups in total. The van der Waals surface area contributed by atoms with E-state index in [-0.39, 0.29) is 5.91 Å². The number of benzene rings is 3. The summed E-state index contributed by atoms with van der Waals surface area (Å²) in [6, 6.07) is 18.9. The zero-order chi connectivity index (χ0) is 21.5. The number of anilines is 1. The second kappa shape index (κ2) is 10.3. The van der Waals surface area contributed by atoms with Gasteiger partial charge in [0.05, 0.1) is 17.3 Å². The van der Waals surface area contributed by atoms with Crippen LogP contribution in [0.1, 0.15) is 28.4 Å². The Kier molecular flexibility index (Phi) is 7.57. The Morgan fingerprint density at radius 1 is 1.00 bits per heavy atom. The van der Waals surface area contributed by atoms with Crippen molar-refractivity contribution < 1.29 is 19.0 Å². The van der Waals surface area contributed by atoms with Crippen LogP contribution in [0.25, 0.3) is 0 Å². The van der Waals surface area contributed by atoms with E-state index in [0.717, 1.165) is 14.9 Å². The van der Waals surface area contributed by atoms with Crippen molar-refractivity contribution in [3.05, 3.63) is 80.9 Å². The Labute approximate surface area is 190 Å². The van der Waals surface area contributed by atoms with Gasteiger partial charge in [0.1, 0.15) is 12.4 Å². The fourth-order valence-electron chi connectivity index (χ4n) is 2.82. The third-order valence-corrected chi connectivity index (χ3v) is 5.22. The summed E-state index contributed by atoms with van der Waals surface area (Å²) in [5.41, 5.74) is 3.46. The molecule has 0 radical (unpaired) electrons. The monoisotopic (exact) mass is 517 g/mol. The van der Waals surface area contributed by atoms with Crippen LogP contribution in [0.15, 0.2) is 60.7 Å². The van der Waals surface area contributed by atoms with E-state index in [0.29, 0.717) is 36.0 Å². The molecule has 0 aromatic heterocycles. The highest BCUT2D eigenvalue weighted by atomic mass is 127. The molecule has 30 heavy (non-hydrogen) atoms. The molecule has 0 aliphatic carbocycles. The highest BCUT2D eigenvalue weighted by Crippen LogP contribution is 2.35. The number of hydrogen-bond donors (Lipinski definition) is 1. The molecule has 5 nitrogen and oxygen atoms in total. The second-order valence-electron chi connectivity index (χ2n) is 6.68. The smallest absolute Gasteiger partial charge is 0.255 e. The third-order valence-electron chi connectivity index (χ3n) is 4.42. The van der Waals surface area contributed by atoms with Crippen LogP contribution in [0.4, 0.5) is 5.69 Å². The standard InChI is InChI=1S/C24H24INO4/c1-4-29-22-14-18(24(27)26-19-9-11-20(28-3)12-10-19)13-21(25)23(22)30-15-17-7-5-16(2)6-8-17/h5-14H,4,15H2,1-3H3,(H,26,27). The maximum atomic E-state index is 12.8. The molecule has 0 spiro atoms. The highest BCUT2D eigenvalue weighted by Gasteiger charge is 2.16. The summed E-state index contributed by atoms with van der Waals surface area (Å²) in [6.45, 7) is 4.85. The van der Waals surface area contributed by atoms with Crippen molar-refractivity contribution in [1.29, 1.82) is 0 Å². The molecule has 1 amide bonds. The molecule has 0 aliphatic rings. The van der Waals surface area contributed by atoms with E-state index < -0.39 is 0 Å². The summed E-state index contributed by atoms with van der Waals surface area (Å²) in [6.07, 6.45) is 0. The number of amides is 1. The van der Waals surface area contributed by atoms with Crippen molar-refractivity contribution in [2.24, 2.45) is 0 Å². The van der Waals surface area contributed by atoms with Crippen LogP contribution < -0.4 is 19.5 Å². The number of aryl methyl sites for hydroxylation is 1. The minimum atomic E-state index is -0.218. The maximum absolute atomic E-state index is 12.8. The molecule has 0 unspecified atom stereocenters. The van der Waals surface area contributed by atoms with Crippen LogP contribution >= 0.6 is 22.6 Å². The number of nitrogens with one attached hydrogen (secondary N) is 1. The summed E-state index contributed by atoms with van der Waals surface area (Å²) >= 11 is 2.17. The summed E-state index contributed by atoms with van der Waals surface area (Å²) in [7, 11) is 1.60. The first kappa shape index (κ1) is 22.0. The van der Waals surface area contributed by atoms with E-state index in [1.165, 1.54) is 5.56 Å². The van der Waals surface area contributed by atoms with Gasteiger partial charge in [0.2, 0.25) is 0 Å². The highest BCUT2D eigenvalue weighted by molar-refractivity contribution is 14.1. The van der Waals surface area contributed by atoms with Crippen molar-refractivity contribution in [3.63, 3.8) is 0 Å². The maximum Gasteiger partial charge on any atom is 0.255 e. The van der Waals surface area contributed by atoms with Gasteiger partial charge in [-0.05, 0) is 78.4 Å². The Bertz CT molecular complexity index is 1000. The van der Waals surface area contributed by atoms with Gasteiger partial charge in [0.15, 0.2) is 11.5 Å². The first-order chi connectivity index (χ1) is 14.5. The predicted octanol–water partition coefficient (Wildman–Crippen LogP) is 5.84. The van der Waals surface area contributed by atoms with Gasteiger partial charge in [-0.25, -0.2) is 0 Å². The SMILES string of the molecule is CCOc1cc(C(=O)Nc2ccc(OC)cc2)cc(I)c1OCc1ccc(C)cc1. The largest absolute Gasteiger partial charge is 0.497 e. The molecule has 156 valence electrons. The normalized spacial score (nSPS) is 10.4. The van der Waals surface area contributed by atoms with E-state index in [1.54, 1.807) is 43.5 Å². The van der Waals surface area contributed by atoms with Crippen molar-refractivity contribution >= 4 is 34.2 Å². The van der Waals surface area contributed by atoms with Crippen LogP contribution in [-0.2, 0) is 6.61 Å². The number of carbonyl (C=O) groups is 1. The molecular weight excluding hydrogens is 493 g/mol. The molecular formula is C24H24INO4. The van der Waals surface area contributed by atoms with Gasteiger partial charge in [-0.2, -0.15) is 0 Å². The van der Waals surface area contributed by atoms with Crippen LogP contribution in [0.5, 0.6) is 17.2 Å². The lowest BCUT2D eigenvalue weighted by Gasteiger charge is -2.16. The lowest BCUT2D eigenvalue weighted by molar-refractivity contribution is 0.102. The van der Waals surface area contributed by atoms with Crippen LogP contribution in [0.3, 0.4) is 0 Å². The molecule has 0 aliphatic heterocycles. The van der Waals surface area contributed by atoms with Gasteiger partial charge >= 0.3 is 0 Å². The van der Waals surface area contributed by atoms with E-state index >= 15 is 0 Å². The topological polar surface area (TPSA) is 56.8 Å². The Balaban J connectivity index is 1.78. The number of methoxy groups -OCH3 is 1. The van der Waals surface area contributed by atoms with E-state index in [2.05, 4.69) is 47.0 Å². The minimum absolute atomic E-state index is 0.218. The molecule has 6 heteroatoms. The Morgan fingerprint density at radius 3 is 2.33 bits per heavy atom. The van der Waals surface area contributed by atoms with E-state index in [4.69, 9.17) is 14.2 Å². The fourth-order valence-corrected chi connectivity index (χ4v) is 3.58. The Morgan fingerprint density at radius 2 is 1.70 bits per heavy atom. The summed E-state index contributed by atoms with van der Waals surface area (Å²) in [5, 5.41) is 2.89. The van der Waals surface area contributed by atoms with E-state index in [9.17, 15) is 4.79 Å². The number of ether oxygens (including phenoxy) is 3. The lowest BCUT2D eigenvalue weighted by atomic mass is 10.1. The molecule has 0 heterocycles. The molecule has 3 aromatic rings. The van der Waals surface area contributed by atoms with Gasteiger partial charge in [0.25, 0.3) is 5.91 Å². The summed E-state index contributed by atoms with van der Waals surface area (Å²) in [4.78, 5) is 12.8. The predicted molar refractivity (Wildman–Crippen MR) is 127 cm³/mol. The number of rotatable bonds is 8. The molecule has 0 saturated carbocycles. The third kappa shape index (κ3) is 5.66. The number of halogens is 1. The summed E-state index contributed by atoms with van der Waals surface area (Å²) in [5.74, 6) is 1.70. The van der Waals surface area contributed by atoms with Gasteiger partial charge < -0.3 is 19.5 Å². The van der Waals surface area contributed by atoms with Gasteiger partial charge in [-0.3, -0.25) is 4.79 Å². The molecule has 0 saturated heterocycles. The fraction of sp³-hybridized carbons (Fsp3) is 0.208. The average molecular weight is 517 g/mol. The molecule has 0 atom stereocenters. The second-order valence-corrected chi connectivity index (χ2v) is 7.84. The molecule has 0 fully saturated rings. The number of carbonyl (C=O) groups excluding carboxylic acids is 1. The molecule has 3 aromatic carbocycles. The van der Waals surface area contributed by atoms with Crippen molar-refractivity contribution in [1.82, 2.24) is 0 Å². The minimum Gasteiger partial charge on any atom is -0.497 e.